The first kappa shape index (κ1) is 12.6. The summed E-state index contributed by atoms with van der Waals surface area (Å²) >= 11 is 0. The number of ether oxygens (including phenoxy) is 1. The lowest BCUT2D eigenvalue weighted by atomic mass is 10.1. The first-order valence-corrected chi connectivity index (χ1v) is 5.87. The third-order valence-corrected chi connectivity index (χ3v) is 2.80. The Balaban J connectivity index is 2.42. The van der Waals surface area contributed by atoms with E-state index in [1.807, 2.05) is 40.0 Å². The lowest BCUT2D eigenvalue weighted by molar-refractivity contribution is 0.424. The SMILES string of the molecule is Cc1cc(Oc2cc(C)nn2C)c(CN)c(C)n1. The maximum Gasteiger partial charge on any atom is 0.217 e. The van der Waals surface area contributed by atoms with E-state index in [1.165, 1.54) is 0 Å². The van der Waals surface area contributed by atoms with Crippen LogP contribution in [0.3, 0.4) is 0 Å². The number of aryl methyl sites for hydroxylation is 4. The minimum absolute atomic E-state index is 0.408. The van der Waals surface area contributed by atoms with Gasteiger partial charge < -0.3 is 10.5 Å². The quantitative estimate of drug-likeness (QED) is 0.899. The molecule has 0 radical (unpaired) electrons. The average molecular weight is 246 g/mol. The van der Waals surface area contributed by atoms with Crippen molar-refractivity contribution < 1.29 is 4.74 Å². The van der Waals surface area contributed by atoms with E-state index >= 15 is 0 Å². The van der Waals surface area contributed by atoms with Crippen LogP contribution in [0.1, 0.15) is 22.6 Å². The smallest absolute Gasteiger partial charge is 0.217 e. The van der Waals surface area contributed by atoms with Gasteiger partial charge >= 0.3 is 0 Å². The van der Waals surface area contributed by atoms with Crippen molar-refractivity contribution in [2.75, 3.05) is 0 Å². The Kier molecular flexibility index (Phi) is 3.34. The van der Waals surface area contributed by atoms with Crippen molar-refractivity contribution in [1.29, 1.82) is 0 Å². The van der Waals surface area contributed by atoms with Crippen LogP contribution in [-0.2, 0) is 13.6 Å². The second kappa shape index (κ2) is 4.78. The third-order valence-electron chi connectivity index (χ3n) is 2.80. The molecule has 2 aromatic heterocycles. The van der Waals surface area contributed by atoms with E-state index in [-0.39, 0.29) is 0 Å². The number of pyridine rings is 1. The topological polar surface area (TPSA) is 66.0 Å². The Morgan fingerprint density at radius 3 is 2.50 bits per heavy atom. The summed E-state index contributed by atoms with van der Waals surface area (Å²) in [5.74, 6) is 1.46. The molecule has 0 atom stereocenters. The van der Waals surface area contributed by atoms with Crippen LogP contribution < -0.4 is 10.5 Å². The maximum atomic E-state index is 5.89. The zero-order valence-electron chi connectivity index (χ0n) is 11.2. The molecule has 0 saturated heterocycles. The standard InChI is InChI=1S/C13H18N4O/c1-8-5-12(11(7-14)10(3)15-8)18-13-6-9(2)16-17(13)4/h5-6H,7,14H2,1-4H3. The molecule has 5 heteroatoms. The average Bonchev–Trinajstić information content (AvgIpc) is 2.57. The molecule has 0 aliphatic rings. The fourth-order valence-corrected chi connectivity index (χ4v) is 1.95. The summed E-state index contributed by atoms with van der Waals surface area (Å²) in [5, 5.41) is 4.25. The first-order chi connectivity index (χ1) is 8.51. The summed E-state index contributed by atoms with van der Waals surface area (Å²) in [6.07, 6.45) is 0. The number of aromatic nitrogens is 3. The Labute approximate surface area is 107 Å². The lowest BCUT2D eigenvalue weighted by Gasteiger charge is -2.12. The van der Waals surface area contributed by atoms with Crippen molar-refractivity contribution >= 4 is 0 Å². The molecule has 0 unspecified atom stereocenters. The Bertz CT molecular complexity index is 575. The van der Waals surface area contributed by atoms with Crippen LogP contribution in [0, 0.1) is 20.8 Å². The van der Waals surface area contributed by atoms with Crippen LogP contribution in [0.15, 0.2) is 12.1 Å². The second-order valence-electron chi connectivity index (χ2n) is 4.38. The van der Waals surface area contributed by atoms with Crippen LogP contribution in [0.5, 0.6) is 11.6 Å². The van der Waals surface area contributed by atoms with Gasteiger partial charge in [-0.25, -0.2) is 4.68 Å². The van der Waals surface area contributed by atoms with Gasteiger partial charge in [0.05, 0.1) is 5.69 Å². The van der Waals surface area contributed by atoms with E-state index < -0.39 is 0 Å². The van der Waals surface area contributed by atoms with Crippen LogP contribution in [0.4, 0.5) is 0 Å². The monoisotopic (exact) mass is 246 g/mol. The van der Waals surface area contributed by atoms with Gasteiger partial charge in [0, 0.05) is 42.7 Å². The summed E-state index contributed by atoms with van der Waals surface area (Å²) in [4.78, 5) is 4.39. The van der Waals surface area contributed by atoms with Crippen LogP contribution in [0.2, 0.25) is 0 Å². The number of nitrogens with two attached hydrogens (primary N) is 1. The minimum Gasteiger partial charge on any atom is -0.439 e. The summed E-state index contributed by atoms with van der Waals surface area (Å²) in [7, 11) is 1.85. The van der Waals surface area contributed by atoms with E-state index in [0.717, 1.165) is 28.4 Å². The van der Waals surface area contributed by atoms with Crippen LogP contribution in [-0.4, -0.2) is 14.8 Å². The van der Waals surface area contributed by atoms with E-state index in [2.05, 4.69) is 10.1 Å². The Hall–Kier alpha value is -1.88. The van der Waals surface area contributed by atoms with Crippen LogP contribution in [0.25, 0.3) is 0 Å². The van der Waals surface area contributed by atoms with Gasteiger partial charge in [-0.05, 0) is 20.8 Å². The molecule has 18 heavy (non-hydrogen) atoms. The molecule has 0 aliphatic carbocycles. The van der Waals surface area contributed by atoms with Gasteiger partial charge in [0.15, 0.2) is 0 Å². The highest BCUT2D eigenvalue weighted by Gasteiger charge is 2.11. The molecule has 0 aliphatic heterocycles. The molecular formula is C13H18N4O. The molecule has 0 saturated carbocycles. The third kappa shape index (κ3) is 2.36. The van der Waals surface area contributed by atoms with Crippen molar-refractivity contribution in [3.8, 4) is 11.6 Å². The molecule has 2 aromatic rings. The predicted molar refractivity (Wildman–Crippen MR) is 69.6 cm³/mol. The molecule has 0 amide bonds. The molecule has 0 aromatic carbocycles. The molecule has 2 rings (SSSR count). The molecule has 0 bridgehead atoms. The predicted octanol–water partition coefficient (Wildman–Crippen LogP) is 1.99. The number of hydrogen-bond donors (Lipinski definition) is 1. The molecule has 96 valence electrons. The van der Waals surface area contributed by atoms with Gasteiger partial charge in [0.1, 0.15) is 5.75 Å². The summed E-state index contributed by atoms with van der Waals surface area (Å²) in [6.45, 7) is 6.22. The highest BCUT2D eigenvalue weighted by molar-refractivity contribution is 5.40. The highest BCUT2D eigenvalue weighted by atomic mass is 16.5. The van der Waals surface area contributed by atoms with Crippen molar-refractivity contribution in [2.24, 2.45) is 12.8 Å². The van der Waals surface area contributed by atoms with Crippen molar-refractivity contribution in [1.82, 2.24) is 14.8 Å². The molecule has 0 fully saturated rings. The molecular weight excluding hydrogens is 228 g/mol. The van der Waals surface area contributed by atoms with Crippen molar-refractivity contribution in [2.45, 2.75) is 27.3 Å². The van der Waals surface area contributed by atoms with E-state index in [4.69, 9.17) is 10.5 Å². The zero-order chi connectivity index (χ0) is 13.3. The summed E-state index contributed by atoms with van der Waals surface area (Å²) in [6, 6.07) is 3.79. The zero-order valence-corrected chi connectivity index (χ0v) is 11.2. The number of rotatable bonds is 3. The van der Waals surface area contributed by atoms with E-state index in [0.29, 0.717) is 12.4 Å². The van der Waals surface area contributed by atoms with Gasteiger partial charge in [-0.2, -0.15) is 5.10 Å². The van der Waals surface area contributed by atoms with Crippen molar-refractivity contribution in [3.63, 3.8) is 0 Å². The van der Waals surface area contributed by atoms with E-state index in [1.54, 1.807) is 4.68 Å². The van der Waals surface area contributed by atoms with Gasteiger partial charge in [-0.1, -0.05) is 0 Å². The van der Waals surface area contributed by atoms with Crippen molar-refractivity contribution in [3.05, 3.63) is 34.8 Å². The van der Waals surface area contributed by atoms with Crippen LogP contribution >= 0.6 is 0 Å². The molecule has 0 spiro atoms. The van der Waals surface area contributed by atoms with Gasteiger partial charge in [0.2, 0.25) is 5.88 Å². The number of nitrogens with zero attached hydrogens (tertiary/aromatic N) is 3. The Morgan fingerprint density at radius 1 is 1.22 bits per heavy atom. The normalized spacial score (nSPS) is 10.7. The second-order valence-corrected chi connectivity index (χ2v) is 4.38. The van der Waals surface area contributed by atoms with E-state index in [9.17, 15) is 0 Å². The van der Waals surface area contributed by atoms with Gasteiger partial charge in [0.25, 0.3) is 0 Å². The Morgan fingerprint density at radius 2 is 1.94 bits per heavy atom. The molecule has 2 N–H and O–H groups in total. The van der Waals surface area contributed by atoms with Gasteiger partial charge in [-0.15, -0.1) is 0 Å². The molecule has 2 heterocycles. The largest absolute Gasteiger partial charge is 0.439 e. The van der Waals surface area contributed by atoms with Gasteiger partial charge in [-0.3, -0.25) is 4.98 Å². The fraction of sp³-hybridized carbons (Fsp3) is 0.385. The number of hydrogen-bond acceptors (Lipinski definition) is 4. The summed E-state index contributed by atoms with van der Waals surface area (Å²) in [5.41, 5.74) is 9.43. The summed E-state index contributed by atoms with van der Waals surface area (Å²) < 4.78 is 7.60. The highest BCUT2D eigenvalue weighted by Crippen LogP contribution is 2.27. The fourth-order valence-electron chi connectivity index (χ4n) is 1.95. The maximum absolute atomic E-state index is 5.89. The molecule has 5 nitrogen and oxygen atoms in total. The lowest BCUT2D eigenvalue weighted by Crippen LogP contribution is -2.06. The first-order valence-electron chi connectivity index (χ1n) is 5.87. The minimum atomic E-state index is 0.408.